The van der Waals surface area contributed by atoms with Crippen LogP contribution in [0.4, 0.5) is 14.7 Å². The molecule has 35 heavy (non-hydrogen) atoms. The number of aromatic nitrogens is 4. The van der Waals surface area contributed by atoms with Crippen molar-refractivity contribution in [2.75, 3.05) is 24.6 Å². The molecule has 9 heteroatoms. The first kappa shape index (κ1) is 25.0. The average Bonchev–Trinajstić information content (AvgIpc) is 3.36. The van der Waals surface area contributed by atoms with Crippen LogP contribution in [0.5, 0.6) is 5.75 Å². The van der Waals surface area contributed by atoms with E-state index in [1.54, 1.807) is 0 Å². The fourth-order valence-corrected chi connectivity index (χ4v) is 4.41. The lowest BCUT2D eigenvalue weighted by atomic mass is 9.92. The maximum absolute atomic E-state index is 14.7. The summed E-state index contributed by atoms with van der Waals surface area (Å²) in [5.41, 5.74) is 1.45. The summed E-state index contributed by atoms with van der Waals surface area (Å²) in [5, 5.41) is 16.5. The third kappa shape index (κ3) is 6.14. The molecule has 1 aliphatic heterocycles. The molecule has 1 saturated heterocycles. The van der Waals surface area contributed by atoms with Crippen molar-refractivity contribution in [1.29, 1.82) is 0 Å². The van der Waals surface area contributed by atoms with E-state index < -0.39 is 17.7 Å². The first-order chi connectivity index (χ1) is 17.0. The molecular formula is C26H33F2N5O2. The third-order valence-electron chi connectivity index (χ3n) is 6.64. The van der Waals surface area contributed by atoms with Crippen molar-refractivity contribution in [2.45, 2.75) is 58.5 Å². The maximum atomic E-state index is 14.7. The van der Waals surface area contributed by atoms with E-state index >= 15 is 0 Å². The monoisotopic (exact) mass is 485 g/mol. The first-order valence-corrected chi connectivity index (χ1v) is 12.4. The molecule has 7 nitrogen and oxygen atoms in total. The number of aryl methyl sites for hydroxylation is 1. The molecule has 4 rings (SSSR count). The predicted octanol–water partition coefficient (Wildman–Crippen LogP) is 5.23. The number of aromatic amines is 1. The Bertz CT molecular complexity index is 1070. The molecule has 0 bridgehead atoms. The minimum Gasteiger partial charge on any atom is -0.493 e. The number of H-pyrrole nitrogens is 1. The van der Waals surface area contributed by atoms with Crippen molar-refractivity contribution in [2.24, 2.45) is 5.92 Å². The third-order valence-corrected chi connectivity index (χ3v) is 6.64. The van der Waals surface area contributed by atoms with Gasteiger partial charge in [-0.05, 0) is 56.1 Å². The minimum atomic E-state index is -0.752. The van der Waals surface area contributed by atoms with Gasteiger partial charge in [-0.15, -0.1) is 0 Å². The molecule has 1 fully saturated rings. The Hall–Kier alpha value is -3.07. The van der Waals surface area contributed by atoms with Gasteiger partial charge in [-0.3, -0.25) is 5.10 Å². The number of rotatable bonds is 10. The topological polar surface area (TPSA) is 87.2 Å². The van der Waals surface area contributed by atoms with Crippen molar-refractivity contribution in [1.82, 2.24) is 20.2 Å². The highest BCUT2D eigenvalue weighted by Gasteiger charge is 2.21. The number of ether oxygens (including phenoxy) is 1. The Morgan fingerprint density at radius 3 is 2.43 bits per heavy atom. The van der Waals surface area contributed by atoms with Crippen molar-refractivity contribution < 1.29 is 18.6 Å². The lowest BCUT2D eigenvalue weighted by Crippen LogP contribution is -2.35. The Morgan fingerprint density at radius 1 is 1.11 bits per heavy atom. The number of halogens is 2. The van der Waals surface area contributed by atoms with E-state index in [1.165, 1.54) is 18.2 Å². The van der Waals surface area contributed by atoms with Crippen molar-refractivity contribution in [3.05, 3.63) is 53.5 Å². The van der Waals surface area contributed by atoms with E-state index in [0.717, 1.165) is 56.7 Å². The molecule has 0 saturated carbocycles. The van der Waals surface area contributed by atoms with Crippen LogP contribution in [0, 0.1) is 17.6 Å². The standard InChI is InChI=1S/C26H33F2N5O2/c1-3-17-15-29-26(30-16-17)33-9-7-18(8-10-33)6-5-11-35-19-12-20(27)25(21(28)13-19)23-14-22(31-32-23)24(34)4-2/h12-16,18,24,34H,3-11H2,1-2H3,(H,31,32)/t24-/m0/s1. The van der Waals surface area contributed by atoms with Gasteiger partial charge in [0.05, 0.1) is 29.7 Å². The zero-order valence-corrected chi connectivity index (χ0v) is 20.3. The normalized spacial score (nSPS) is 15.4. The van der Waals surface area contributed by atoms with E-state index in [1.807, 2.05) is 19.3 Å². The highest BCUT2D eigenvalue weighted by molar-refractivity contribution is 5.62. The van der Waals surface area contributed by atoms with Crippen LogP contribution in [0.2, 0.25) is 0 Å². The number of aliphatic hydroxyl groups is 1. The first-order valence-electron chi connectivity index (χ1n) is 12.4. The minimum absolute atomic E-state index is 0.118. The van der Waals surface area contributed by atoms with Gasteiger partial charge in [0.25, 0.3) is 0 Å². The van der Waals surface area contributed by atoms with E-state index in [4.69, 9.17) is 4.74 Å². The van der Waals surface area contributed by atoms with E-state index in [-0.39, 0.29) is 17.0 Å². The number of nitrogens with one attached hydrogen (secondary N) is 1. The smallest absolute Gasteiger partial charge is 0.225 e. The SMILES string of the molecule is CCc1cnc(N2CCC(CCCOc3cc(F)c(-c4cc([C@@H](O)CC)[nH]n4)c(F)c3)CC2)nc1. The summed E-state index contributed by atoms with van der Waals surface area (Å²) in [6.45, 7) is 6.16. The number of aliphatic hydroxyl groups excluding tert-OH is 1. The van der Waals surface area contributed by atoms with Gasteiger partial charge in [-0.1, -0.05) is 13.8 Å². The fourth-order valence-electron chi connectivity index (χ4n) is 4.41. The Morgan fingerprint density at radius 2 is 1.80 bits per heavy atom. The lowest BCUT2D eigenvalue weighted by molar-refractivity contribution is 0.169. The van der Waals surface area contributed by atoms with Crippen LogP contribution in [0.3, 0.4) is 0 Å². The van der Waals surface area contributed by atoms with Gasteiger partial charge in [0.15, 0.2) is 0 Å². The second kappa shape index (κ2) is 11.6. The van der Waals surface area contributed by atoms with Gasteiger partial charge in [0.1, 0.15) is 17.4 Å². The Kier molecular flexibility index (Phi) is 8.28. The molecule has 0 unspecified atom stereocenters. The van der Waals surface area contributed by atoms with Crippen LogP contribution >= 0.6 is 0 Å². The van der Waals surface area contributed by atoms with Crippen LogP contribution in [-0.2, 0) is 6.42 Å². The van der Waals surface area contributed by atoms with Gasteiger partial charge in [0, 0.05) is 37.6 Å². The summed E-state index contributed by atoms with van der Waals surface area (Å²) in [6, 6.07) is 3.84. The molecule has 1 aromatic carbocycles. The molecule has 3 aromatic rings. The Labute approximate surface area is 204 Å². The fraction of sp³-hybridized carbons (Fsp3) is 0.500. The molecule has 0 amide bonds. The molecule has 1 atom stereocenters. The average molecular weight is 486 g/mol. The van der Waals surface area contributed by atoms with Gasteiger partial charge in [-0.2, -0.15) is 5.10 Å². The van der Waals surface area contributed by atoms with Crippen LogP contribution in [0.1, 0.15) is 63.3 Å². The molecule has 3 heterocycles. The van der Waals surface area contributed by atoms with Gasteiger partial charge in [-0.25, -0.2) is 18.7 Å². The van der Waals surface area contributed by atoms with E-state index in [9.17, 15) is 13.9 Å². The highest BCUT2D eigenvalue weighted by Crippen LogP contribution is 2.31. The van der Waals surface area contributed by atoms with E-state index in [0.29, 0.717) is 24.6 Å². The summed E-state index contributed by atoms with van der Waals surface area (Å²) in [6.07, 6.45) is 8.39. The number of hydrogen-bond acceptors (Lipinski definition) is 6. The van der Waals surface area contributed by atoms with Gasteiger partial charge >= 0.3 is 0 Å². The molecule has 2 N–H and O–H groups in total. The highest BCUT2D eigenvalue weighted by atomic mass is 19.1. The molecular weight excluding hydrogens is 452 g/mol. The Balaban J connectivity index is 1.23. The summed E-state index contributed by atoms with van der Waals surface area (Å²) < 4.78 is 35.0. The summed E-state index contributed by atoms with van der Waals surface area (Å²) in [4.78, 5) is 11.2. The molecule has 188 valence electrons. The van der Waals surface area contributed by atoms with Crippen LogP contribution in [0.15, 0.2) is 30.6 Å². The van der Waals surface area contributed by atoms with Crippen LogP contribution in [-0.4, -0.2) is 45.0 Å². The molecule has 0 radical (unpaired) electrons. The zero-order valence-electron chi connectivity index (χ0n) is 20.3. The van der Waals surface area contributed by atoms with Crippen molar-refractivity contribution >= 4 is 5.95 Å². The summed E-state index contributed by atoms with van der Waals surface area (Å²) in [5.74, 6) is 0.0591. The molecule has 2 aromatic heterocycles. The number of hydrogen-bond donors (Lipinski definition) is 2. The van der Waals surface area contributed by atoms with Crippen LogP contribution < -0.4 is 9.64 Å². The second-order valence-electron chi connectivity index (χ2n) is 9.06. The van der Waals surface area contributed by atoms with Crippen molar-refractivity contribution in [3.8, 4) is 17.0 Å². The van der Waals surface area contributed by atoms with E-state index in [2.05, 4.69) is 32.0 Å². The summed E-state index contributed by atoms with van der Waals surface area (Å²) >= 11 is 0. The largest absolute Gasteiger partial charge is 0.493 e. The molecule has 0 spiro atoms. The second-order valence-corrected chi connectivity index (χ2v) is 9.06. The molecule has 0 aliphatic carbocycles. The quantitative estimate of drug-likeness (QED) is 0.383. The number of piperidine rings is 1. The van der Waals surface area contributed by atoms with Gasteiger partial charge in [0.2, 0.25) is 5.95 Å². The van der Waals surface area contributed by atoms with Gasteiger partial charge < -0.3 is 14.7 Å². The predicted molar refractivity (Wildman–Crippen MR) is 130 cm³/mol. The number of benzene rings is 1. The van der Waals surface area contributed by atoms with Crippen molar-refractivity contribution in [3.63, 3.8) is 0 Å². The maximum Gasteiger partial charge on any atom is 0.225 e. The number of anilines is 1. The summed E-state index contributed by atoms with van der Waals surface area (Å²) in [7, 11) is 0. The van der Waals surface area contributed by atoms with Crippen LogP contribution in [0.25, 0.3) is 11.3 Å². The lowest BCUT2D eigenvalue weighted by Gasteiger charge is -2.32. The number of nitrogens with zero attached hydrogens (tertiary/aromatic N) is 4. The molecule has 1 aliphatic rings. The zero-order chi connectivity index (χ0) is 24.8.